The van der Waals surface area contributed by atoms with Crippen LogP contribution in [0.25, 0.3) is 10.2 Å². The number of nitrogens with zero attached hydrogens (tertiary/aromatic N) is 3. The van der Waals surface area contributed by atoms with Crippen molar-refractivity contribution < 1.29 is 0 Å². The third-order valence-electron chi connectivity index (χ3n) is 3.27. The van der Waals surface area contributed by atoms with E-state index >= 15 is 0 Å². The summed E-state index contributed by atoms with van der Waals surface area (Å²) in [5.74, 6) is 0.891. The average molecular weight is 284 g/mol. The molecule has 20 heavy (non-hydrogen) atoms. The molecule has 3 aromatic rings. The van der Waals surface area contributed by atoms with E-state index in [2.05, 4.69) is 46.2 Å². The lowest BCUT2D eigenvalue weighted by Crippen LogP contribution is -2.08. The van der Waals surface area contributed by atoms with Gasteiger partial charge in [0.05, 0.1) is 11.4 Å². The predicted molar refractivity (Wildman–Crippen MR) is 83.1 cm³/mol. The van der Waals surface area contributed by atoms with Crippen molar-refractivity contribution in [2.24, 2.45) is 0 Å². The summed E-state index contributed by atoms with van der Waals surface area (Å²) in [6.45, 7) is 4.27. The van der Waals surface area contributed by atoms with Crippen LogP contribution in [-0.2, 0) is 6.42 Å². The maximum Gasteiger partial charge on any atom is 0.138 e. The first-order chi connectivity index (χ1) is 9.78. The van der Waals surface area contributed by atoms with E-state index in [1.54, 1.807) is 23.9 Å². The molecular weight excluding hydrogens is 268 g/mol. The van der Waals surface area contributed by atoms with E-state index in [0.29, 0.717) is 0 Å². The standard InChI is InChI=1S/C15H16N4S/c1-3-12-7-13-14(17-9-18-15(13)20-12)19-10(2)11-5-4-6-16-8-11/h4-10H,3H2,1-2H3,(H,17,18,19)/t10-/m1/s1. The fourth-order valence-corrected chi connectivity index (χ4v) is 3.05. The summed E-state index contributed by atoms with van der Waals surface area (Å²) >= 11 is 1.73. The maximum atomic E-state index is 4.38. The van der Waals surface area contributed by atoms with Gasteiger partial charge in [-0.05, 0) is 31.0 Å². The number of aromatic nitrogens is 3. The van der Waals surface area contributed by atoms with Gasteiger partial charge < -0.3 is 5.32 Å². The maximum absolute atomic E-state index is 4.38. The lowest BCUT2D eigenvalue weighted by molar-refractivity contribution is 0.867. The van der Waals surface area contributed by atoms with Crippen molar-refractivity contribution in [2.75, 3.05) is 5.32 Å². The topological polar surface area (TPSA) is 50.7 Å². The summed E-state index contributed by atoms with van der Waals surface area (Å²) in [5.41, 5.74) is 1.14. The second-order valence-corrected chi connectivity index (χ2v) is 5.77. The summed E-state index contributed by atoms with van der Waals surface area (Å²) in [5, 5.41) is 4.56. The van der Waals surface area contributed by atoms with Crippen molar-refractivity contribution in [2.45, 2.75) is 26.3 Å². The van der Waals surface area contributed by atoms with Gasteiger partial charge in [-0.15, -0.1) is 11.3 Å². The van der Waals surface area contributed by atoms with Gasteiger partial charge in [0, 0.05) is 17.3 Å². The van der Waals surface area contributed by atoms with Gasteiger partial charge >= 0.3 is 0 Å². The molecule has 0 aliphatic carbocycles. The van der Waals surface area contributed by atoms with Crippen molar-refractivity contribution in [3.05, 3.63) is 47.4 Å². The highest BCUT2D eigenvalue weighted by molar-refractivity contribution is 7.18. The third-order valence-corrected chi connectivity index (χ3v) is 4.45. The molecule has 0 aromatic carbocycles. The molecule has 0 aliphatic rings. The molecule has 0 radical (unpaired) electrons. The molecule has 3 heterocycles. The summed E-state index contributed by atoms with van der Waals surface area (Å²) in [6.07, 6.45) is 6.31. The van der Waals surface area contributed by atoms with E-state index in [0.717, 1.165) is 28.0 Å². The first-order valence-electron chi connectivity index (χ1n) is 6.67. The smallest absolute Gasteiger partial charge is 0.138 e. The molecule has 1 atom stereocenters. The van der Waals surface area contributed by atoms with E-state index in [1.807, 2.05) is 12.3 Å². The highest BCUT2D eigenvalue weighted by Gasteiger charge is 2.11. The molecule has 0 saturated heterocycles. The number of hydrogen-bond acceptors (Lipinski definition) is 5. The predicted octanol–water partition coefficient (Wildman–Crippen LogP) is 3.82. The molecule has 0 spiro atoms. The van der Waals surface area contributed by atoms with E-state index in [9.17, 15) is 0 Å². The first-order valence-corrected chi connectivity index (χ1v) is 7.49. The number of thiophene rings is 1. The van der Waals surface area contributed by atoms with E-state index in [4.69, 9.17) is 0 Å². The second-order valence-electron chi connectivity index (χ2n) is 4.66. The monoisotopic (exact) mass is 284 g/mol. The number of fused-ring (bicyclic) bond motifs is 1. The number of aryl methyl sites for hydroxylation is 1. The van der Waals surface area contributed by atoms with Crippen molar-refractivity contribution in [3.8, 4) is 0 Å². The molecule has 0 aliphatic heterocycles. The van der Waals surface area contributed by atoms with Crippen molar-refractivity contribution in [3.63, 3.8) is 0 Å². The van der Waals surface area contributed by atoms with Crippen molar-refractivity contribution in [1.29, 1.82) is 0 Å². The summed E-state index contributed by atoms with van der Waals surface area (Å²) in [4.78, 5) is 15.3. The van der Waals surface area contributed by atoms with Gasteiger partial charge in [-0.25, -0.2) is 9.97 Å². The average Bonchev–Trinajstić information content (AvgIpc) is 2.92. The zero-order valence-electron chi connectivity index (χ0n) is 11.5. The van der Waals surface area contributed by atoms with Crippen molar-refractivity contribution >= 4 is 27.4 Å². The summed E-state index contributed by atoms with van der Waals surface area (Å²) in [7, 11) is 0. The highest BCUT2D eigenvalue weighted by atomic mass is 32.1. The number of rotatable bonds is 4. The molecule has 0 amide bonds. The highest BCUT2D eigenvalue weighted by Crippen LogP contribution is 2.30. The van der Waals surface area contributed by atoms with E-state index in [1.165, 1.54) is 4.88 Å². The minimum absolute atomic E-state index is 0.159. The fourth-order valence-electron chi connectivity index (χ4n) is 2.12. The third kappa shape index (κ3) is 2.49. The molecule has 0 unspecified atom stereocenters. The molecule has 0 fully saturated rings. The molecular formula is C15H16N4S. The quantitative estimate of drug-likeness (QED) is 0.791. The van der Waals surface area contributed by atoms with Gasteiger partial charge in [-0.3, -0.25) is 4.98 Å². The largest absolute Gasteiger partial charge is 0.363 e. The van der Waals surface area contributed by atoms with E-state index < -0.39 is 0 Å². The van der Waals surface area contributed by atoms with Crippen LogP contribution in [0.5, 0.6) is 0 Å². The molecule has 3 aromatic heterocycles. The van der Waals surface area contributed by atoms with Crippen molar-refractivity contribution in [1.82, 2.24) is 15.0 Å². The molecule has 3 rings (SSSR count). The molecule has 0 bridgehead atoms. The zero-order chi connectivity index (χ0) is 13.9. The Kier molecular flexibility index (Phi) is 3.60. The minimum Gasteiger partial charge on any atom is -0.363 e. The Bertz CT molecular complexity index is 708. The van der Waals surface area contributed by atoms with Gasteiger partial charge in [0.1, 0.15) is 17.0 Å². The summed E-state index contributed by atoms with van der Waals surface area (Å²) in [6, 6.07) is 6.35. The SMILES string of the molecule is CCc1cc2c(N[C@H](C)c3cccnc3)ncnc2s1. The Morgan fingerprint density at radius 3 is 3.00 bits per heavy atom. The van der Waals surface area contributed by atoms with Crippen LogP contribution in [0.1, 0.15) is 30.3 Å². The first kappa shape index (κ1) is 13.0. The van der Waals surface area contributed by atoms with Gasteiger partial charge in [0.2, 0.25) is 0 Å². The van der Waals surface area contributed by atoms with Crippen LogP contribution < -0.4 is 5.32 Å². The van der Waals surface area contributed by atoms with E-state index in [-0.39, 0.29) is 6.04 Å². The van der Waals surface area contributed by atoms with Gasteiger partial charge in [-0.1, -0.05) is 13.0 Å². The van der Waals surface area contributed by atoms with Crippen LogP contribution in [0.2, 0.25) is 0 Å². The number of anilines is 1. The molecule has 102 valence electrons. The molecule has 1 N–H and O–H groups in total. The summed E-state index contributed by atoms with van der Waals surface area (Å²) < 4.78 is 0. The zero-order valence-corrected chi connectivity index (χ0v) is 12.3. The Morgan fingerprint density at radius 1 is 1.35 bits per heavy atom. The number of hydrogen-bond donors (Lipinski definition) is 1. The van der Waals surface area contributed by atoms with Crippen LogP contribution in [0, 0.1) is 0 Å². The lowest BCUT2D eigenvalue weighted by Gasteiger charge is -2.14. The Hall–Kier alpha value is -2.01. The van der Waals surface area contributed by atoms with Crippen LogP contribution in [-0.4, -0.2) is 15.0 Å². The Balaban J connectivity index is 1.92. The van der Waals surface area contributed by atoms with Gasteiger partial charge in [0.25, 0.3) is 0 Å². The molecule has 0 saturated carbocycles. The van der Waals surface area contributed by atoms with Crippen LogP contribution in [0.3, 0.4) is 0 Å². The van der Waals surface area contributed by atoms with Gasteiger partial charge in [-0.2, -0.15) is 0 Å². The number of nitrogens with one attached hydrogen (secondary N) is 1. The second kappa shape index (κ2) is 5.54. The number of pyridine rings is 1. The van der Waals surface area contributed by atoms with Crippen LogP contribution >= 0.6 is 11.3 Å². The van der Waals surface area contributed by atoms with Crippen LogP contribution in [0.4, 0.5) is 5.82 Å². The fraction of sp³-hybridized carbons (Fsp3) is 0.267. The molecule has 5 heteroatoms. The lowest BCUT2D eigenvalue weighted by atomic mass is 10.1. The Labute approximate surface area is 121 Å². The van der Waals surface area contributed by atoms with Gasteiger partial charge in [0.15, 0.2) is 0 Å². The normalized spacial score (nSPS) is 12.5. The minimum atomic E-state index is 0.159. The Morgan fingerprint density at radius 2 is 2.25 bits per heavy atom. The van der Waals surface area contributed by atoms with Crippen LogP contribution in [0.15, 0.2) is 36.9 Å². The molecule has 4 nitrogen and oxygen atoms in total.